The number of ether oxygens (including phenoxy) is 1. The van der Waals surface area contributed by atoms with Crippen LogP contribution in [0.4, 0.5) is 5.13 Å². The summed E-state index contributed by atoms with van der Waals surface area (Å²) >= 11 is 6.21. The standard InChI is InChI=1S/C9H13N5OS2/c10-8(16)13-12-6-7-5-11-9(17-7)14-1-3-15-4-2-14/h5-6H,1-4H2,(H3,10,13,16). The third-order valence-electron chi connectivity index (χ3n) is 2.16. The Hall–Kier alpha value is -1.25. The van der Waals surface area contributed by atoms with Crippen molar-refractivity contribution in [2.45, 2.75) is 0 Å². The Morgan fingerprint density at radius 3 is 3.12 bits per heavy atom. The molecule has 2 rings (SSSR count). The maximum atomic E-state index is 5.29. The Morgan fingerprint density at radius 2 is 2.41 bits per heavy atom. The van der Waals surface area contributed by atoms with Gasteiger partial charge in [-0.05, 0) is 12.2 Å². The zero-order valence-electron chi connectivity index (χ0n) is 9.13. The number of thiazole rings is 1. The number of aromatic nitrogens is 1. The van der Waals surface area contributed by atoms with Crippen LogP contribution < -0.4 is 16.1 Å². The topological polar surface area (TPSA) is 75.8 Å². The van der Waals surface area contributed by atoms with E-state index in [2.05, 4.69) is 32.6 Å². The number of nitrogens with two attached hydrogens (primary N) is 1. The molecule has 17 heavy (non-hydrogen) atoms. The van der Waals surface area contributed by atoms with Gasteiger partial charge in [0.1, 0.15) is 0 Å². The van der Waals surface area contributed by atoms with Gasteiger partial charge < -0.3 is 15.4 Å². The van der Waals surface area contributed by atoms with Crippen LogP contribution in [0.5, 0.6) is 0 Å². The Labute approximate surface area is 108 Å². The van der Waals surface area contributed by atoms with Crippen molar-refractivity contribution in [2.24, 2.45) is 10.8 Å². The molecule has 8 heteroatoms. The maximum Gasteiger partial charge on any atom is 0.186 e. The van der Waals surface area contributed by atoms with Crippen LogP contribution in [0.25, 0.3) is 0 Å². The van der Waals surface area contributed by atoms with E-state index in [-0.39, 0.29) is 5.11 Å². The molecule has 1 aromatic heterocycles. The largest absolute Gasteiger partial charge is 0.378 e. The molecule has 0 saturated carbocycles. The minimum absolute atomic E-state index is 0.152. The number of hydrazone groups is 1. The van der Waals surface area contributed by atoms with Gasteiger partial charge in [0.15, 0.2) is 10.2 Å². The van der Waals surface area contributed by atoms with Gasteiger partial charge >= 0.3 is 0 Å². The molecule has 1 aromatic rings. The summed E-state index contributed by atoms with van der Waals surface area (Å²) < 4.78 is 5.29. The van der Waals surface area contributed by atoms with E-state index >= 15 is 0 Å². The molecular weight excluding hydrogens is 258 g/mol. The molecule has 3 N–H and O–H groups in total. The first kappa shape index (κ1) is 12.2. The summed E-state index contributed by atoms with van der Waals surface area (Å²) in [6.07, 6.45) is 3.43. The van der Waals surface area contributed by atoms with Crippen LogP contribution in [0.2, 0.25) is 0 Å². The van der Waals surface area contributed by atoms with Crippen molar-refractivity contribution in [3.05, 3.63) is 11.1 Å². The molecule has 0 atom stereocenters. The van der Waals surface area contributed by atoms with Crippen LogP contribution in [0, 0.1) is 0 Å². The molecular formula is C9H13N5OS2. The Balaban J connectivity index is 1.95. The number of nitrogens with zero attached hydrogens (tertiary/aromatic N) is 3. The van der Waals surface area contributed by atoms with Gasteiger partial charge in [0.2, 0.25) is 0 Å². The minimum Gasteiger partial charge on any atom is -0.378 e. The fourth-order valence-corrected chi connectivity index (χ4v) is 2.29. The van der Waals surface area contributed by atoms with E-state index in [0.717, 1.165) is 36.3 Å². The van der Waals surface area contributed by atoms with Crippen LogP contribution in [0.1, 0.15) is 4.88 Å². The highest BCUT2D eigenvalue weighted by atomic mass is 32.1. The Bertz CT molecular complexity index is 413. The average molecular weight is 271 g/mol. The summed E-state index contributed by atoms with van der Waals surface area (Å²) in [5, 5.41) is 5.03. The molecule has 0 spiro atoms. The first-order chi connectivity index (χ1) is 8.25. The van der Waals surface area contributed by atoms with Gasteiger partial charge in [0, 0.05) is 19.3 Å². The predicted molar refractivity (Wildman–Crippen MR) is 72.7 cm³/mol. The van der Waals surface area contributed by atoms with E-state index < -0.39 is 0 Å². The third kappa shape index (κ3) is 3.62. The Kier molecular flexibility index (Phi) is 4.24. The van der Waals surface area contributed by atoms with E-state index in [1.54, 1.807) is 23.7 Å². The molecule has 2 heterocycles. The fourth-order valence-electron chi connectivity index (χ4n) is 1.40. The molecule has 0 aliphatic carbocycles. The monoisotopic (exact) mass is 271 g/mol. The zero-order valence-corrected chi connectivity index (χ0v) is 10.8. The summed E-state index contributed by atoms with van der Waals surface area (Å²) in [5.41, 5.74) is 7.76. The van der Waals surface area contributed by atoms with Gasteiger partial charge in [-0.1, -0.05) is 11.3 Å². The summed E-state index contributed by atoms with van der Waals surface area (Å²) in [7, 11) is 0. The lowest BCUT2D eigenvalue weighted by atomic mass is 10.5. The van der Waals surface area contributed by atoms with Crippen LogP contribution in [0.15, 0.2) is 11.3 Å². The number of thiocarbonyl (C=S) groups is 1. The van der Waals surface area contributed by atoms with Crippen molar-refractivity contribution in [1.29, 1.82) is 0 Å². The van der Waals surface area contributed by atoms with E-state index in [0.29, 0.717) is 0 Å². The van der Waals surface area contributed by atoms with Gasteiger partial charge in [-0.2, -0.15) is 5.10 Å². The summed E-state index contributed by atoms with van der Waals surface area (Å²) in [6, 6.07) is 0. The molecule has 1 aliphatic heterocycles. The summed E-state index contributed by atoms with van der Waals surface area (Å²) in [6.45, 7) is 3.28. The lowest BCUT2D eigenvalue weighted by Gasteiger charge is -2.25. The Morgan fingerprint density at radius 1 is 1.65 bits per heavy atom. The fraction of sp³-hybridized carbons (Fsp3) is 0.444. The first-order valence-corrected chi connectivity index (χ1v) is 6.35. The molecule has 1 fully saturated rings. The van der Waals surface area contributed by atoms with Gasteiger partial charge in [0.05, 0.1) is 24.3 Å². The lowest BCUT2D eigenvalue weighted by molar-refractivity contribution is 0.122. The smallest absolute Gasteiger partial charge is 0.186 e. The molecule has 1 saturated heterocycles. The number of rotatable bonds is 3. The third-order valence-corrected chi connectivity index (χ3v) is 3.24. The molecule has 0 bridgehead atoms. The molecule has 0 amide bonds. The SMILES string of the molecule is NC(=S)NN=Cc1cnc(N2CCOCC2)s1. The predicted octanol–water partition coefficient (Wildman–Crippen LogP) is 0.147. The number of morpholine rings is 1. The second-order valence-electron chi connectivity index (χ2n) is 3.38. The van der Waals surface area contributed by atoms with Crippen molar-refractivity contribution in [3.8, 4) is 0 Å². The van der Waals surface area contributed by atoms with Crippen LogP contribution >= 0.6 is 23.6 Å². The zero-order chi connectivity index (χ0) is 12.1. The number of nitrogens with one attached hydrogen (secondary N) is 1. The normalized spacial score (nSPS) is 16.4. The molecule has 92 valence electrons. The van der Waals surface area contributed by atoms with E-state index in [1.165, 1.54) is 0 Å². The van der Waals surface area contributed by atoms with E-state index in [4.69, 9.17) is 10.5 Å². The van der Waals surface area contributed by atoms with E-state index in [9.17, 15) is 0 Å². The van der Waals surface area contributed by atoms with Crippen molar-refractivity contribution in [3.63, 3.8) is 0 Å². The van der Waals surface area contributed by atoms with Crippen LogP contribution in [0.3, 0.4) is 0 Å². The van der Waals surface area contributed by atoms with Gasteiger partial charge in [-0.3, -0.25) is 5.43 Å². The van der Waals surface area contributed by atoms with Crippen molar-refractivity contribution in [1.82, 2.24) is 10.4 Å². The average Bonchev–Trinajstić information content (AvgIpc) is 2.78. The van der Waals surface area contributed by atoms with Gasteiger partial charge in [0.25, 0.3) is 0 Å². The van der Waals surface area contributed by atoms with Gasteiger partial charge in [-0.25, -0.2) is 4.98 Å². The number of hydrogen-bond acceptors (Lipinski definition) is 6. The second-order valence-corrected chi connectivity index (χ2v) is 4.86. The highest BCUT2D eigenvalue weighted by Crippen LogP contribution is 2.21. The van der Waals surface area contributed by atoms with Crippen LogP contribution in [-0.2, 0) is 4.74 Å². The van der Waals surface area contributed by atoms with Crippen LogP contribution in [-0.4, -0.2) is 42.6 Å². The molecule has 0 unspecified atom stereocenters. The molecule has 0 aromatic carbocycles. The lowest BCUT2D eigenvalue weighted by Crippen LogP contribution is -2.36. The first-order valence-electron chi connectivity index (χ1n) is 5.13. The van der Waals surface area contributed by atoms with Gasteiger partial charge in [-0.15, -0.1) is 0 Å². The summed E-state index contributed by atoms with van der Waals surface area (Å²) in [4.78, 5) is 7.50. The molecule has 0 radical (unpaired) electrons. The highest BCUT2D eigenvalue weighted by molar-refractivity contribution is 7.80. The molecule has 6 nitrogen and oxygen atoms in total. The number of anilines is 1. The maximum absolute atomic E-state index is 5.29. The number of hydrogen-bond donors (Lipinski definition) is 2. The van der Waals surface area contributed by atoms with Crippen molar-refractivity contribution >= 4 is 40.0 Å². The van der Waals surface area contributed by atoms with Crippen molar-refractivity contribution in [2.75, 3.05) is 31.2 Å². The summed E-state index contributed by atoms with van der Waals surface area (Å²) in [5.74, 6) is 0. The highest BCUT2D eigenvalue weighted by Gasteiger charge is 2.13. The minimum atomic E-state index is 0.152. The van der Waals surface area contributed by atoms with E-state index in [1.807, 2.05) is 0 Å². The van der Waals surface area contributed by atoms with Crippen molar-refractivity contribution < 1.29 is 4.74 Å². The molecule has 1 aliphatic rings. The second kappa shape index (κ2) is 5.89. The quantitative estimate of drug-likeness (QED) is 0.463.